The maximum Gasteiger partial charge on any atom is 0.261 e. The number of carbonyl (C=O) groups excluding carboxylic acids is 1. The Morgan fingerprint density at radius 2 is 1.73 bits per heavy atom. The zero-order valence-electron chi connectivity index (χ0n) is 14.9. The average Bonchev–Trinajstić information content (AvgIpc) is 3.05. The highest BCUT2D eigenvalue weighted by atomic mass is 16.2. The highest BCUT2D eigenvalue weighted by Crippen LogP contribution is 2.28. The summed E-state index contributed by atoms with van der Waals surface area (Å²) in [6, 6.07) is 14.2. The Balaban J connectivity index is 1.52. The molecule has 5 nitrogen and oxygen atoms in total. The van der Waals surface area contributed by atoms with E-state index in [9.17, 15) is 4.79 Å². The second-order valence-corrected chi connectivity index (χ2v) is 6.63. The number of hydrogen-bond acceptors (Lipinski definition) is 4. The predicted molar refractivity (Wildman–Crippen MR) is 103 cm³/mol. The molecule has 0 bridgehead atoms. The van der Waals surface area contributed by atoms with Gasteiger partial charge in [-0.3, -0.25) is 4.79 Å². The van der Waals surface area contributed by atoms with E-state index in [1.165, 1.54) is 16.7 Å². The number of aromatic nitrogens is 2. The van der Waals surface area contributed by atoms with Crippen molar-refractivity contribution >= 4 is 23.2 Å². The van der Waals surface area contributed by atoms with Gasteiger partial charge in [0.1, 0.15) is 0 Å². The Bertz CT molecular complexity index is 946. The van der Waals surface area contributed by atoms with E-state index < -0.39 is 0 Å². The molecule has 1 aliphatic heterocycles. The molecule has 0 aliphatic carbocycles. The molecular formula is C21H20N4O. The number of aryl methyl sites for hydroxylation is 2. The van der Waals surface area contributed by atoms with Crippen molar-refractivity contribution in [3.63, 3.8) is 0 Å². The predicted octanol–water partition coefficient (Wildman–Crippen LogP) is 4.04. The Labute approximate surface area is 152 Å². The van der Waals surface area contributed by atoms with Gasteiger partial charge in [0.2, 0.25) is 5.95 Å². The zero-order valence-corrected chi connectivity index (χ0v) is 14.9. The Morgan fingerprint density at radius 1 is 1.04 bits per heavy atom. The van der Waals surface area contributed by atoms with Gasteiger partial charge < -0.3 is 10.2 Å². The molecule has 1 aliphatic rings. The monoisotopic (exact) mass is 344 g/mol. The first-order chi connectivity index (χ1) is 12.6. The molecule has 1 N–H and O–H groups in total. The molecule has 1 aromatic heterocycles. The van der Waals surface area contributed by atoms with Crippen LogP contribution in [-0.4, -0.2) is 22.4 Å². The van der Waals surface area contributed by atoms with Crippen molar-refractivity contribution in [3.05, 3.63) is 77.1 Å². The molecule has 130 valence electrons. The molecule has 1 amide bonds. The van der Waals surface area contributed by atoms with Crippen molar-refractivity contribution in [1.82, 2.24) is 9.97 Å². The van der Waals surface area contributed by atoms with Crippen LogP contribution in [0.5, 0.6) is 0 Å². The number of benzene rings is 2. The van der Waals surface area contributed by atoms with Gasteiger partial charge in [0.15, 0.2) is 0 Å². The summed E-state index contributed by atoms with van der Waals surface area (Å²) in [4.78, 5) is 23.2. The van der Waals surface area contributed by atoms with Gasteiger partial charge >= 0.3 is 0 Å². The number of hydrogen-bond donors (Lipinski definition) is 1. The quantitative estimate of drug-likeness (QED) is 0.779. The minimum atomic E-state index is -0.0621. The number of amides is 1. The van der Waals surface area contributed by atoms with E-state index in [2.05, 4.69) is 41.3 Å². The Hall–Kier alpha value is -3.21. The number of nitrogens with zero attached hydrogens (tertiary/aromatic N) is 3. The average molecular weight is 344 g/mol. The fraction of sp³-hybridized carbons (Fsp3) is 0.190. The summed E-state index contributed by atoms with van der Waals surface area (Å²) in [6.07, 6.45) is 4.05. The second-order valence-electron chi connectivity index (χ2n) is 6.63. The highest BCUT2D eigenvalue weighted by molar-refractivity contribution is 6.07. The molecule has 0 saturated carbocycles. The first kappa shape index (κ1) is 16.3. The van der Waals surface area contributed by atoms with Gasteiger partial charge in [-0.05, 0) is 55.2 Å². The number of para-hydroxylation sites is 1. The van der Waals surface area contributed by atoms with Crippen molar-refractivity contribution < 1.29 is 4.79 Å². The van der Waals surface area contributed by atoms with Crippen LogP contribution in [0.15, 0.2) is 54.9 Å². The van der Waals surface area contributed by atoms with Crippen LogP contribution >= 0.6 is 0 Å². The standard InChI is InChI=1S/C21H20N4O/c1-14-9-15(2)11-18(10-14)24-21-22-12-17(13-23-21)20(26)25-8-7-16-5-3-4-6-19(16)25/h3-6,9-13H,7-8H2,1-2H3,(H,22,23,24). The lowest BCUT2D eigenvalue weighted by Gasteiger charge is -2.17. The third-order valence-electron chi connectivity index (χ3n) is 4.51. The van der Waals surface area contributed by atoms with E-state index in [0.29, 0.717) is 18.1 Å². The van der Waals surface area contributed by atoms with Gasteiger partial charge in [-0.1, -0.05) is 24.3 Å². The molecule has 4 rings (SSSR count). The van der Waals surface area contributed by atoms with Crippen LogP contribution in [-0.2, 0) is 6.42 Å². The minimum Gasteiger partial charge on any atom is -0.324 e. The summed E-state index contributed by atoms with van der Waals surface area (Å²) in [5.74, 6) is 0.418. The number of anilines is 3. The van der Waals surface area contributed by atoms with Gasteiger partial charge in [0.25, 0.3) is 5.91 Å². The third-order valence-corrected chi connectivity index (χ3v) is 4.51. The van der Waals surface area contributed by atoms with E-state index in [1.54, 1.807) is 17.3 Å². The summed E-state index contributed by atoms with van der Waals surface area (Å²) in [5, 5.41) is 3.19. The molecule has 0 saturated heterocycles. The number of nitrogens with one attached hydrogen (secondary N) is 1. The van der Waals surface area contributed by atoms with Gasteiger partial charge in [-0.25, -0.2) is 9.97 Å². The SMILES string of the molecule is Cc1cc(C)cc(Nc2ncc(C(=O)N3CCc4ccccc43)cn2)c1. The molecule has 2 aromatic carbocycles. The van der Waals surface area contributed by atoms with Gasteiger partial charge in [0, 0.05) is 30.3 Å². The van der Waals surface area contributed by atoms with E-state index in [-0.39, 0.29) is 5.91 Å². The van der Waals surface area contributed by atoms with Crippen molar-refractivity contribution in [2.45, 2.75) is 20.3 Å². The van der Waals surface area contributed by atoms with Crippen molar-refractivity contribution in [2.24, 2.45) is 0 Å². The van der Waals surface area contributed by atoms with Crippen LogP contribution in [0.2, 0.25) is 0 Å². The van der Waals surface area contributed by atoms with Crippen LogP contribution in [0.1, 0.15) is 27.0 Å². The third kappa shape index (κ3) is 3.16. The number of carbonyl (C=O) groups is 1. The normalized spacial score (nSPS) is 12.8. The first-order valence-electron chi connectivity index (χ1n) is 8.67. The lowest BCUT2D eigenvalue weighted by atomic mass is 10.1. The maximum atomic E-state index is 12.8. The van der Waals surface area contributed by atoms with Crippen molar-refractivity contribution in [1.29, 1.82) is 0 Å². The van der Waals surface area contributed by atoms with Gasteiger partial charge in [-0.15, -0.1) is 0 Å². The summed E-state index contributed by atoms with van der Waals surface area (Å²) < 4.78 is 0. The van der Waals surface area contributed by atoms with Crippen molar-refractivity contribution in [3.8, 4) is 0 Å². The highest BCUT2D eigenvalue weighted by Gasteiger charge is 2.25. The van der Waals surface area contributed by atoms with Crippen LogP contribution in [0.4, 0.5) is 17.3 Å². The molecular weight excluding hydrogens is 324 g/mol. The van der Waals surface area contributed by atoms with E-state index in [0.717, 1.165) is 17.8 Å². The molecule has 0 radical (unpaired) electrons. The van der Waals surface area contributed by atoms with Crippen LogP contribution in [0.3, 0.4) is 0 Å². The molecule has 0 spiro atoms. The summed E-state index contributed by atoms with van der Waals surface area (Å²) in [7, 11) is 0. The smallest absolute Gasteiger partial charge is 0.261 e. The summed E-state index contributed by atoms with van der Waals surface area (Å²) in [6.45, 7) is 4.80. The molecule has 3 aromatic rings. The van der Waals surface area contributed by atoms with Crippen LogP contribution < -0.4 is 10.2 Å². The fourth-order valence-corrected chi connectivity index (χ4v) is 3.38. The molecule has 5 heteroatoms. The first-order valence-corrected chi connectivity index (χ1v) is 8.67. The molecule has 0 atom stereocenters. The van der Waals surface area contributed by atoms with E-state index >= 15 is 0 Å². The molecule has 0 fully saturated rings. The largest absolute Gasteiger partial charge is 0.324 e. The Morgan fingerprint density at radius 3 is 2.46 bits per heavy atom. The Kier molecular flexibility index (Phi) is 4.13. The minimum absolute atomic E-state index is 0.0621. The van der Waals surface area contributed by atoms with E-state index in [4.69, 9.17) is 0 Å². The number of rotatable bonds is 3. The second kappa shape index (κ2) is 6.59. The van der Waals surface area contributed by atoms with Crippen molar-refractivity contribution in [2.75, 3.05) is 16.8 Å². The molecule has 0 unspecified atom stereocenters. The van der Waals surface area contributed by atoms with Gasteiger partial charge in [-0.2, -0.15) is 0 Å². The van der Waals surface area contributed by atoms with E-state index in [1.807, 2.05) is 30.3 Å². The molecule has 26 heavy (non-hydrogen) atoms. The zero-order chi connectivity index (χ0) is 18.1. The molecule has 2 heterocycles. The summed E-state index contributed by atoms with van der Waals surface area (Å²) in [5.41, 5.74) is 5.96. The van der Waals surface area contributed by atoms with Gasteiger partial charge in [0.05, 0.1) is 5.56 Å². The topological polar surface area (TPSA) is 58.1 Å². The maximum absolute atomic E-state index is 12.8. The number of fused-ring (bicyclic) bond motifs is 1. The van der Waals surface area contributed by atoms with Crippen LogP contribution in [0, 0.1) is 13.8 Å². The fourth-order valence-electron chi connectivity index (χ4n) is 3.38. The summed E-state index contributed by atoms with van der Waals surface area (Å²) >= 11 is 0. The lowest BCUT2D eigenvalue weighted by molar-refractivity contribution is 0.0988. The lowest BCUT2D eigenvalue weighted by Crippen LogP contribution is -2.29. The van der Waals surface area contributed by atoms with Crippen LogP contribution in [0.25, 0.3) is 0 Å².